The van der Waals surface area contributed by atoms with Crippen LogP contribution in [0.1, 0.15) is 29.2 Å². The average molecular weight is 656 g/mol. The lowest BCUT2D eigenvalue weighted by Gasteiger charge is -2.37. The van der Waals surface area contributed by atoms with Crippen LogP contribution in [0.25, 0.3) is 0 Å². The van der Waals surface area contributed by atoms with Crippen LogP contribution in [0, 0.1) is 0 Å². The number of benzene rings is 4. The van der Waals surface area contributed by atoms with Gasteiger partial charge in [-0.2, -0.15) is 5.10 Å². The van der Waals surface area contributed by atoms with Crippen molar-refractivity contribution in [1.82, 2.24) is 0 Å². The predicted molar refractivity (Wildman–Crippen MR) is 167 cm³/mol. The van der Waals surface area contributed by atoms with Crippen molar-refractivity contribution in [3.8, 4) is 0 Å². The summed E-state index contributed by atoms with van der Waals surface area (Å²) < 4.78 is 4.91. The molecule has 0 N–H and O–H groups in total. The Kier molecular flexibility index (Phi) is 7.23. The number of halogens is 3. The highest BCUT2D eigenvalue weighted by molar-refractivity contribution is 9.10. The third kappa shape index (κ3) is 4.49. The number of nitrogens with zero attached hydrogens (tertiary/aromatic N) is 2. The summed E-state index contributed by atoms with van der Waals surface area (Å²) >= 11 is 19.4. The van der Waals surface area contributed by atoms with Gasteiger partial charge in [0.2, 0.25) is 5.04 Å². The second-order valence-electron chi connectivity index (χ2n) is 8.94. The molecule has 0 aliphatic carbocycles. The van der Waals surface area contributed by atoms with E-state index in [0.717, 1.165) is 32.4 Å². The first-order chi connectivity index (χ1) is 18.9. The van der Waals surface area contributed by atoms with Crippen LogP contribution in [0.15, 0.2) is 107 Å². The molecule has 6 rings (SSSR count). The topological polar surface area (TPSA) is 41.9 Å². The summed E-state index contributed by atoms with van der Waals surface area (Å²) in [5.74, 6) is -0.435. The average Bonchev–Trinajstić information content (AvgIpc) is 3.47. The molecule has 0 saturated heterocycles. The molecular weight excluding hydrogens is 635 g/mol. The maximum absolute atomic E-state index is 13.1. The molecule has 9 heteroatoms. The van der Waals surface area contributed by atoms with Crippen LogP contribution in [0.2, 0.25) is 10.0 Å². The molecule has 2 heterocycles. The lowest BCUT2D eigenvalue weighted by atomic mass is 9.82. The van der Waals surface area contributed by atoms with Gasteiger partial charge in [0.25, 0.3) is 0 Å². The third-order valence-corrected chi connectivity index (χ3v) is 11.0. The van der Waals surface area contributed by atoms with Gasteiger partial charge in [-0.05, 0) is 72.1 Å². The van der Waals surface area contributed by atoms with Gasteiger partial charge in [-0.1, -0.05) is 111 Å². The summed E-state index contributed by atoms with van der Waals surface area (Å²) in [6, 6.07) is 32.2. The minimum Gasteiger partial charge on any atom is -0.461 e. The van der Waals surface area contributed by atoms with Crippen molar-refractivity contribution in [2.75, 3.05) is 11.6 Å². The number of hydrogen-bond acceptors (Lipinski definition) is 6. The molecule has 0 aromatic heterocycles. The van der Waals surface area contributed by atoms with Gasteiger partial charge in [-0.15, -0.1) is 0 Å². The highest BCUT2D eigenvalue weighted by Gasteiger charge is 2.62. The van der Waals surface area contributed by atoms with Crippen LogP contribution < -0.4 is 5.01 Å². The summed E-state index contributed by atoms with van der Waals surface area (Å²) in [6.07, 6.45) is 0. The Balaban J connectivity index is 1.62. The van der Waals surface area contributed by atoms with Crippen molar-refractivity contribution >= 4 is 79.4 Å². The molecule has 4 aromatic rings. The molecule has 196 valence electrons. The number of hydrogen-bond donors (Lipinski definition) is 0. The molecule has 0 fully saturated rings. The monoisotopic (exact) mass is 654 g/mol. The van der Waals surface area contributed by atoms with Gasteiger partial charge >= 0.3 is 5.97 Å². The highest BCUT2D eigenvalue weighted by Crippen LogP contribution is 2.71. The molecule has 0 amide bonds. The Morgan fingerprint density at radius 1 is 0.872 bits per heavy atom. The molecule has 1 unspecified atom stereocenters. The zero-order valence-electron chi connectivity index (χ0n) is 20.6. The van der Waals surface area contributed by atoms with E-state index in [9.17, 15) is 4.79 Å². The molecule has 39 heavy (non-hydrogen) atoms. The molecule has 2 aliphatic rings. The number of ether oxygens (including phenoxy) is 1. The smallest absolute Gasteiger partial charge is 0.365 e. The molecule has 0 radical (unpaired) electrons. The minimum atomic E-state index is -0.800. The molecule has 4 aromatic carbocycles. The Morgan fingerprint density at radius 2 is 1.44 bits per heavy atom. The second kappa shape index (κ2) is 10.5. The van der Waals surface area contributed by atoms with Crippen molar-refractivity contribution < 1.29 is 9.53 Å². The highest BCUT2D eigenvalue weighted by atomic mass is 79.9. The van der Waals surface area contributed by atoms with E-state index in [1.165, 1.54) is 11.8 Å². The van der Waals surface area contributed by atoms with Crippen molar-refractivity contribution in [3.63, 3.8) is 0 Å². The summed E-state index contributed by atoms with van der Waals surface area (Å²) in [5.41, 5.74) is 5.13. The fraction of sp³-hybridized carbons (Fsp3) is 0.133. The third-order valence-electron chi connectivity index (χ3n) is 6.67. The Morgan fingerprint density at radius 3 is 2.00 bits per heavy atom. The molecule has 4 nitrogen and oxygen atoms in total. The summed E-state index contributed by atoms with van der Waals surface area (Å²) in [5, 5.41) is 8.47. The maximum Gasteiger partial charge on any atom is 0.365 e. The van der Waals surface area contributed by atoms with Crippen molar-refractivity contribution in [1.29, 1.82) is 0 Å². The molecule has 1 spiro atoms. The van der Waals surface area contributed by atoms with Gasteiger partial charge in [-0.25, -0.2) is 9.80 Å². The number of fused-ring (bicyclic) bond motifs is 2. The lowest BCUT2D eigenvalue weighted by Crippen LogP contribution is -2.34. The van der Waals surface area contributed by atoms with E-state index in [1.807, 2.05) is 59.6 Å². The SMILES string of the molecule is CCOC(=O)C1=NN(c2ccc(Br)cc2)C2(S1)SC(c1ccc(Cl)cc1)(c1ccc(Cl)cc1)c1ccccc12. The van der Waals surface area contributed by atoms with Crippen molar-refractivity contribution in [2.45, 2.75) is 15.9 Å². The van der Waals surface area contributed by atoms with Crippen LogP contribution in [-0.4, -0.2) is 17.6 Å². The molecule has 0 bridgehead atoms. The first kappa shape index (κ1) is 26.8. The lowest BCUT2D eigenvalue weighted by molar-refractivity contribution is -0.134. The van der Waals surface area contributed by atoms with Crippen LogP contribution in [0.4, 0.5) is 5.69 Å². The molecular formula is C30H21BrCl2N2O2S2. The fourth-order valence-corrected chi connectivity index (χ4v) is 9.09. The number of anilines is 1. The van der Waals surface area contributed by atoms with Gasteiger partial charge in [0, 0.05) is 20.1 Å². The van der Waals surface area contributed by atoms with E-state index in [2.05, 4.69) is 58.4 Å². The predicted octanol–water partition coefficient (Wildman–Crippen LogP) is 9.03. The van der Waals surface area contributed by atoms with Crippen molar-refractivity contribution in [2.24, 2.45) is 5.10 Å². The van der Waals surface area contributed by atoms with Crippen molar-refractivity contribution in [3.05, 3.63) is 134 Å². The minimum absolute atomic E-state index is 0.271. The quantitative estimate of drug-likeness (QED) is 0.201. The fourth-order valence-electron chi connectivity index (χ4n) is 5.02. The van der Waals surface area contributed by atoms with E-state index in [-0.39, 0.29) is 6.61 Å². The normalized spacial score (nSPS) is 19.2. The summed E-state index contributed by atoms with van der Waals surface area (Å²) in [7, 11) is 0. The molecule has 1 atom stereocenters. The van der Waals surface area contributed by atoms with Gasteiger partial charge in [0.15, 0.2) is 4.20 Å². The summed E-state index contributed by atoms with van der Waals surface area (Å²) in [4.78, 5) is 13.1. The number of carbonyl (C=O) groups is 1. The first-order valence-corrected chi connectivity index (χ1v) is 15.4. The van der Waals surface area contributed by atoms with E-state index < -0.39 is 14.9 Å². The Labute approximate surface area is 253 Å². The maximum atomic E-state index is 13.1. The van der Waals surface area contributed by atoms with E-state index >= 15 is 0 Å². The first-order valence-electron chi connectivity index (χ1n) is 12.2. The molecule has 0 saturated carbocycles. The summed E-state index contributed by atoms with van der Waals surface area (Å²) in [6.45, 7) is 2.07. The van der Waals surface area contributed by atoms with Gasteiger partial charge in [0.1, 0.15) is 0 Å². The van der Waals surface area contributed by atoms with Gasteiger partial charge in [-0.3, -0.25) is 0 Å². The largest absolute Gasteiger partial charge is 0.461 e. The zero-order chi connectivity index (χ0) is 27.2. The van der Waals surface area contributed by atoms with Gasteiger partial charge < -0.3 is 4.74 Å². The number of esters is 1. The van der Waals surface area contributed by atoms with Crippen LogP contribution in [0.5, 0.6) is 0 Å². The number of hydrazone groups is 1. The standard InChI is InChI=1S/C30H21BrCl2N2O2S2/c1-2-37-28(36)27-34-35(24-17-11-21(31)12-18-24)30(38-27)26-6-4-3-5-25(26)29(39-30,19-7-13-22(32)14-8-19)20-9-15-23(33)16-10-20/h3-18H,2H2,1H3. The second-order valence-corrected chi connectivity index (χ2v) is 13.6. The zero-order valence-corrected chi connectivity index (χ0v) is 25.3. The molecule has 2 aliphatic heterocycles. The Bertz CT molecular complexity index is 1530. The number of rotatable bonds is 5. The van der Waals surface area contributed by atoms with Gasteiger partial charge in [0.05, 0.1) is 17.0 Å². The van der Waals surface area contributed by atoms with E-state index in [4.69, 9.17) is 33.0 Å². The van der Waals surface area contributed by atoms with E-state index in [1.54, 1.807) is 18.7 Å². The van der Waals surface area contributed by atoms with Crippen LogP contribution in [-0.2, 0) is 18.5 Å². The van der Waals surface area contributed by atoms with Crippen LogP contribution >= 0.6 is 62.7 Å². The number of carbonyl (C=O) groups excluding carboxylic acids is 1. The number of thioether (sulfide) groups is 2. The van der Waals surface area contributed by atoms with Crippen LogP contribution in [0.3, 0.4) is 0 Å². The Hall–Kier alpha value is -2.42. The van der Waals surface area contributed by atoms with E-state index in [0.29, 0.717) is 15.1 Å².